The lowest BCUT2D eigenvalue weighted by atomic mass is 9.98. The summed E-state index contributed by atoms with van der Waals surface area (Å²) in [6, 6.07) is 14.9. The van der Waals surface area contributed by atoms with Crippen LogP contribution in [0.2, 0.25) is 0 Å². The van der Waals surface area contributed by atoms with Crippen LogP contribution in [0, 0.1) is 16.0 Å². The fourth-order valence-electron chi connectivity index (χ4n) is 4.80. The Morgan fingerprint density at radius 1 is 1.00 bits per heavy atom. The van der Waals surface area contributed by atoms with Gasteiger partial charge in [-0.1, -0.05) is 6.92 Å². The number of carbonyl (C=O) groups excluding carboxylic acids is 2. The minimum Gasteiger partial charge on any atom is -0.507 e. The first-order valence-corrected chi connectivity index (χ1v) is 11.8. The monoisotopic (exact) mass is 487 g/mol. The molecule has 1 amide bonds. The third-order valence-electron chi connectivity index (χ3n) is 6.89. The van der Waals surface area contributed by atoms with Gasteiger partial charge in [0.25, 0.3) is 17.4 Å². The van der Waals surface area contributed by atoms with Gasteiger partial charge >= 0.3 is 0 Å². The Hall–Kier alpha value is -4.40. The second-order valence-electron chi connectivity index (χ2n) is 9.17. The predicted molar refractivity (Wildman–Crippen MR) is 134 cm³/mol. The number of nitro groups is 1. The van der Waals surface area contributed by atoms with Crippen molar-refractivity contribution in [2.75, 3.05) is 22.9 Å². The highest BCUT2D eigenvalue weighted by Crippen LogP contribution is 2.42. The summed E-state index contributed by atoms with van der Waals surface area (Å²) in [6.45, 7) is 4.18. The molecule has 3 aromatic rings. The number of rotatable bonds is 5. The van der Waals surface area contributed by atoms with Gasteiger partial charge in [0.1, 0.15) is 17.6 Å². The third-order valence-corrected chi connectivity index (χ3v) is 6.89. The minimum absolute atomic E-state index is 0.141. The van der Waals surface area contributed by atoms with Crippen molar-refractivity contribution < 1.29 is 24.0 Å². The molecule has 0 bridgehead atoms. The molecule has 2 saturated heterocycles. The minimum atomic E-state index is -0.989. The molecule has 1 N–H and O–H groups in total. The van der Waals surface area contributed by atoms with E-state index in [2.05, 4.69) is 11.8 Å². The molecule has 0 aliphatic carbocycles. The molecule has 3 heterocycles. The molecule has 9 heteroatoms. The number of amides is 1. The summed E-state index contributed by atoms with van der Waals surface area (Å²) in [5, 5.41) is 22.1. The number of hydrogen-bond donors (Lipinski definition) is 1. The van der Waals surface area contributed by atoms with Gasteiger partial charge in [0.05, 0.1) is 16.8 Å². The van der Waals surface area contributed by atoms with Crippen molar-refractivity contribution in [3.05, 3.63) is 93.9 Å². The Bertz CT molecular complexity index is 1320. The zero-order valence-electron chi connectivity index (χ0n) is 19.7. The molecule has 9 nitrogen and oxygen atoms in total. The summed E-state index contributed by atoms with van der Waals surface area (Å²) in [7, 11) is 0. The van der Waals surface area contributed by atoms with Crippen LogP contribution in [0.25, 0.3) is 5.76 Å². The average Bonchev–Trinajstić information content (AvgIpc) is 3.51. The molecule has 2 aliphatic rings. The van der Waals surface area contributed by atoms with E-state index in [1.54, 1.807) is 24.3 Å². The van der Waals surface area contributed by atoms with E-state index in [9.17, 15) is 24.8 Å². The van der Waals surface area contributed by atoms with E-state index >= 15 is 0 Å². The Labute approximate surface area is 207 Å². The van der Waals surface area contributed by atoms with Crippen LogP contribution in [0.5, 0.6) is 0 Å². The van der Waals surface area contributed by atoms with Crippen molar-refractivity contribution in [1.29, 1.82) is 0 Å². The van der Waals surface area contributed by atoms with Crippen molar-refractivity contribution in [3.8, 4) is 0 Å². The van der Waals surface area contributed by atoms with E-state index in [1.165, 1.54) is 35.4 Å². The highest BCUT2D eigenvalue weighted by atomic mass is 16.6. The molecular formula is C27H25N3O6. The Morgan fingerprint density at radius 2 is 1.64 bits per heavy atom. The smallest absolute Gasteiger partial charge is 0.300 e. The first-order valence-electron chi connectivity index (χ1n) is 11.8. The average molecular weight is 488 g/mol. The quantitative estimate of drug-likeness (QED) is 0.176. The zero-order valence-corrected chi connectivity index (χ0v) is 19.7. The molecule has 2 fully saturated rings. The highest BCUT2D eigenvalue weighted by molar-refractivity contribution is 6.51. The molecular weight excluding hydrogens is 462 g/mol. The van der Waals surface area contributed by atoms with Gasteiger partial charge in [0.2, 0.25) is 0 Å². The zero-order chi connectivity index (χ0) is 25.4. The van der Waals surface area contributed by atoms with Crippen LogP contribution in [-0.4, -0.2) is 34.8 Å². The second-order valence-corrected chi connectivity index (χ2v) is 9.17. The van der Waals surface area contributed by atoms with Crippen LogP contribution >= 0.6 is 0 Å². The van der Waals surface area contributed by atoms with E-state index in [0.717, 1.165) is 31.6 Å². The normalized spacial score (nSPS) is 20.2. The maximum atomic E-state index is 13.2. The fourth-order valence-corrected chi connectivity index (χ4v) is 4.80. The molecule has 36 heavy (non-hydrogen) atoms. The molecule has 5 rings (SSSR count). The number of nitrogens with zero attached hydrogens (tertiary/aromatic N) is 3. The highest BCUT2D eigenvalue weighted by Gasteiger charge is 2.48. The van der Waals surface area contributed by atoms with Crippen LogP contribution in [0.3, 0.4) is 0 Å². The second kappa shape index (κ2) is 9.33. The number of aliphatic hydroxyl groups is 1. The lowest BCUT2D eigenvalue weighted by Crippen LogP contribution is -2.33. The maximum Gasteiger partial charge on any atom is 0.300 e. The number of furan rings is 1. The molecule has 0 radical (unpaired) electrons. The molecule has 1 unspecified atom stereocenters. The lowest BCUT2D eigenvalue weighted by Gasteiger charge is -2.32. The van der Waals surface area contributed by atoms with Crippen molar-refractivity contribution >= 4 is 34.5 Å². The van der Waals surface area contributed by atoms with Gasteiger partial charge in [-0.05, 0) is 67.3 Å². The van der Waals surface area contributed by atoms with E-state index in [4.69, 9.17) is 4.42 Å². The number of benzene rings is 2. The SMILES string of the molecule is CC1CCN(c2ccc(N3C(=O)C(=O)/C(=C(\O)c4ccc([N+](=O)[O-])cc4)C3c3ccco3)cc2)CC1. The van der Waals surface area contributed by atoms with Crippen molar-refractivity contribution in [2.45, 2.75) is 25.8 Å². The Morgan fingerprint density at radius 3 is 2.22 bits per heavy atom. The summed E-state index contributed by atoms with van der Waals surface area (Å²) < 4.78 is 5.57. The lowest BCUT2D eigenvalue weighted by molar-refractivity contribution is -0.384. The number of non-ortho nitro benzene ring substituents is 1. The van der Waals surface area contributed by atoms with Crippen molar-refractivity contribution in [2.24, 2.45) is 5.92 Å². The van der Waals surface area contributed by atoms with E-state index < -0.39 is 28.4 Å². The maximum absolute atomic E-state index is 13.2. The summed E-state index contributed by atoms with van der Waals surface area (Å²) in [5.41, 5.74) is 1.43. The summed E-state index contributed by atoms with van der Waals surface area (Å²) in [5.74, 6) is -1.06. The van der Waals surface area contributed by atoms with Gasteiger partial charge in [0.15, 0.2) is 0 Å². The van der Waals surface area contributed by atoms with E-state index in [1.807, 2.05) is 12.1 Å². The molecule has 2 aromatic carbocycles. The number of Topliss-reactive ketones (excluding diaryl/α,β-unsaturated/α-hetero) is 1. The number of aliphatic hydroxyl groups excluding tert-OH is 1. The van der Waals surface area contributed by atoms with Gasteiger partial charge in [-0.2, -0.15) is 0 Å². The van der Waals surface area contributed by atoms with Gasteiger partial charge < -0.3 is 14.4 Å². The standard InChI is InChI=1S/C27H25N3O6/c1-17-12-14-28(15-13-17)19-8-10-20(11-9-19)29-24(22-3-2-16-36-22)23(26(32)27(29)33)25(31)18-4-6-21(7-5-18)30(34)35/h2-11,16-17,24,31H,12-15H2,1H3/b25-23-. The van der Waals surface area contributed by atoms with Crippen LogP contribution in [0.15, 0.2) is 76.9 Å². The predicted octanol–water partition coefficient (Wildman–Crippen LogP) is 5.05. The van der Waals surface area contributed by atoms with Gasteiger partial charge in [0, 0.05) is 42.2 Å². The number of ketones is 1. The van der Waals surface area contributed by atoms with Crippen LogP contribution < -0.4 is 9.80 Å². The molecule has 1 atom stereocenters. The molecule has 2 aliphatic heterocycles. The number of carbonyl (C=O) groups is 2. The molecule has 1 aromatic heterocycles. The van der Waals surface area contributed by atoms with Gasteiger partial charge in [-0.15, -0.1) is 0 Å². The van der Waals surface area contributed by atoms with Crippen LogP contribution in [0.1, 0.15) is 37.1 Å². The summed E-state index contributed by atoms with van der Waals surface area (Å²) in [6.07, 6.45) is 3.68. The van der Waals surface area contributed by atoms with Crippen molar-refractivity contribution in [1.82, 2.24) is 0 Å². The van der Waals surface area contributed by atoms with E-state index in [-0.39, 0.29) is 16.8 Å². The fraction of sp³-hybridized carbons (Fsp3) is 0.259. The van der Waals surface area contributed by atoms with Crippen LogP contribution in [-0.2, 0) is 9.59 Å². The van der Waals surface area contributed by atoms with Crippen LogP contribution in [0.4, 0.5) is 17.1 Å². The largest absolute Gasteiger partial charge is 0.507 e. The van der Waals surface area contributed by atoms with E-state index in [0.29, 0.717) is 17.4 Å². The molecule has 0 saturated carbocycles. The summed E-state index contributed by atoms with van der Waals surface area (Å²) in [4.78, 5) is 40.4. The molecule has 0 spiro atoms. The van der Waals surface area contributed by atoms with Gasteiger partial charge in [-0.25, -0.2) is 0 Å². The van der Waals surface area contributed by atoms with Crippen molar-refractivity contribution in [3.63, 3.8) is 0 Å². The Balaban J connectivity index is 1.53. The number of hydrogen-bond acceptors (Lipinski definition) is 7. The first-order chi connectivity index (χ1) is 17.3. The number of anilines is 2. The first kappa shape index (κ1) is 23.3. The molecule has 184 valence electrons. The summed E-state index contributed by atoms with van der Waals surface area (Å²) >= 11 is 0. The Kier molecular flexibility index (Phi) is 6.05. The topological polar surface area (TPSA) is 117 Å². The van der Waals surface area contributed by atoms with Gasteiger partial charge in [-0.3, -0.25) is 24.6 Å². The third kappa shape index (κ3) is 4.13. The number of piperidine rings is 1. The number of nitro benzene ring substituents is 1.